The van der Waals surface area contributed by atoms with Crippen LogP contribution >= 0.6 is 11.8 Å². The van der Waals surface area contributed by atoms with Crippen molar-refractivity contribution in [3.63, 3.8) is 0 Å². The van der Waals surface area contributed by atoms with Crippen molar-refractivity contribution in [2.75, 3.05) is 14.2 Å². The number of hydrogen-bond acceptors (Lipinski definition) is 6. The molecular formula is C18H19N3O3S. The lowest BCUT2D eigenvalue weighted by molar-refractivity contribution is 0.0600. The standard InChI is InChI=1S/C18H19N3O3S/c1-10-7-13-14(8-12(10)17(22)24-4)21-18(20-13)25-9-15-11(2)16(23-3)5-6-19-15/h5-8H,9H2,1-4H3,(H,20,21). The molecule has 0 aliphatic rings. The summed E-state index contributed by atoms with van der Waals surface area (Å²) in [7, 11) is 3.03. The molecule has 0 aliphatic carbocycles. The van der Waals surface area contributed by atoms with E-state index in [1.165, 1.54) is 7.11 Å². The number of aromatic nitrogens is 3. The number of benzene rings is 1. The topological polar surface area (TPSA) is 77.1 Å². The molecule has 1 aromatic carbocycles. The van der Waals surface area contributed by atoms with Crippen molar-refractivity contribution < 1.29 is 14.3 Å². The molecule has 2 aromatic heterocycles. The Morgan fingerprint density at radius 2 is 2.08 bits per heavy atom. The third-order valence-electron chi connectivity index (χ3n) is 4.04. The fraction of sp³-hybridized carbons (Fsp3) is 0.278. The molecule has 0 unspecified atom stereocenters. The molecule has 0 saturated carbocycles. The van der Waals surface area contributed by atoms with Gasteiger partial charge in [0, 0.05) is 17.5 Å². The van der Waals surface area contributed by atoms with Crippen LogP contribution in [0.15, 0.2) is 29.6 Å². The first-order valence-corrected chi connectivity index (χ1v) is 8.72. The zero-order chi connectivity index (χ0) is 18.0. The van der Waals surface area contributed by atoms with E-state index < -0.39 is 0 Å². The average Bonchev–Trinajstić information content (AvgIpc) is 3.01. The summed E-state index contributed by atoms with van der Waals surface area (Å²) in [6.45, 7) is 3.87. The van der Waals surface area contributed by atoms with Crippen molar-refractivity contribution in [2.24, 2.45) is 0 Å². The van der Waals surface area contributed by atoms with E-state index >= 15 is 0 Å². The Morgan fingerprint density at radius 1 is 1.28 bits per heavy atom. The van der Waals surface area contributed by atoms with Gasteiger partial charge in [0.25, 0.3) is 0 Å². The van der Waals surface area contributed by atoms with Crippen LogP contribution in [-0.2, 0) is 10.5 Å². The largest absolute Gasteiger partial charge is 0.496 e. The molecular weight excluding hydrogens is 338 g/mol. The number of carbonyl (C=O) groups is 1. The third-order valence-corrected chi connectivity index (χ3v) is 4.92. The Bertz CT molecular complexity index is 937. The zero-order valence-electron chi connectivity index (χ0n) is 14.5. The van der Waals surface area contributed by atoms with E-state index in [1.807, 2.05) is 26.0 Å². The SMILES string of the molecule is COC(=O)c1cc2nc(SCc3nccc(OC)c3C)[nH]c2cc1C. The number of H-pyrrole nitrogens is 1. The molecule has 3 aromatic rings. The van der Waals surface area contributed by atoms with Gasteiger partial charge in [0.2, 0.25) is 0 Å². The quantitative estimate of drug-likeness (QED) is 0.555. The summed E-state index contributed by atoms with van der Waals surface area (Å²) in [5, 5.41) is 0.778. The number of nitrogens with one attached hydrogen (secondary N) is 1. The Hall–Kier alpha value is -2.54. The number of nitrogens with zero attached hydrogens (tertiary/aromatic N) is 2. The van der Waals surface area contributed by atoms with Crippen molar-refractivity contribution in [1.29, 1.82) is 0 Å². The lowest BCUT2D eigenvalue weighted by Gasteiger charge is -2.08. The highest BCUT2D eigenvalue weighted by molar-refractivity contribution is 7.98. The molecule has 1 N–H and O–H groups in total. The molecule has 2 heterocycles. The Kier molecular flexibility index (Phi) is 4.94. The van der Waals surface area contributed by atoms with Crippen molar-refractivity contribution in [2.45, 2.75) is 24.8 Å². The number of rotatable bonds is 5. The minimum atomic E-state index is -0.354. The number of fused-ring (bicyclic) bond motifs is 1. The number of ether oxygens (including phenoxy) is 2. The molecule has 0 bridgehead atoms. The highest BCUT2D eigenvalue weighted by Gasteiger charge is 2.14. The summed E-state index contributed by atoms with van der Waals surface area (Å²) >= 11 is 1.56. The van der Waals surface area contributed by atoms with Gasteiger partial charge in [-0.05, 0) is 37.6 Å². The maximum atomic E-state index is 11.8. The highest BCUT2D eigenvalue weighted by Crippen LogP contribution is 2.27. The zero-order valence-corrected chi connectivity index (χ0v) is 15.4. The van der Waals surface area contributed by atoms with Gasteiger partial charge in [0.15, 0.2) is 5.16 Å². The van der Waals surface area contributed by atoms with Crippen LogP contribution in [0.3, 0.4) is 0 Å². The molecule has 0 amide bonds. The Labute approximate surface area is 150 Å². The number of esters is 1. The van der Waals surface area contributed by atoms with Gasteiger partial charge in [-0.1, -0.05) is 11.8 Å². The molecule has 3 rings (SSSR count). The fourth-order valence-electron chi connectivity index (χ4n) is 2.60. The normalized spacial score (nSPS) is 10.9. The number of methoxy groups -OCH3 is 2. The molecule has 0 radical (unpaired) electrons. The van der Waals surface area contributed by atoms with E-state index in [9.17, 15) is 4.79 Å². The van der Waals surface area contributed by atoms with E-state index in [2.05, 4.69) is 15.0 Å². The van der Waals surface area contributed by atoms with E-state index in [4.69, 9.17) is 9.47 Å². The smallest absolute Gasteiger partial charge is 0.338 e. The second-order valence-electron chi connectivity index (χ2n) is 5.59. The monoisotopic (exact) mass is 357 g/mol. The van der Waals surface area contributed by atoms with Gasteiger partial charge in [-0.2, -0.15) is 0 Å². The van der Waals surface area contributed by atoms with Gasteiger partial charge in [-0.25, -0.2) is 9.78 Å². The molecule has 0 fully saturated rings. The van der Waals surface area contributed by atoms with Crippen molar-refractivity contribution in [3.05, 3.63) is 46.8 Å². The number of hydrogen-bond donors (Lipinski definition) is 1. The summed E-state index contributed by atoms with van der Waals surface area (Å²) < 4.78 is 10.1. The molecule has 25 heavy (non-hydrogen) atoms. The number of thioether (sulfide) groups is 1. The number of pyridine rings is 1. The molecule has 0 saturated heterocycles. The first kappa shape index (κ1) is 17.3. The predicted molar refractivity (Wildman–Crippen MR) is 97.3 cm³/mol. The van der Waals surface area contributed by atoms with Gasteiger partial charge in [0.05, 0.1) is 36.5 Å². The highest BCUT2D eigenvalue weighted by atomic mass is 32.2. The van der Waals surface area contributed by atoms with E-state index in [0.717, 1.165) is 38.8 Å². The number of carbonyl (C=O) groups excluding carboxylic acids is 1. The van der Waals surface area contributed by atoms with Crippen LogP contribution in [-0.4, -0.2) is 35.1 Å². The van der Waals surface area contributed by atoms with Gasteiger partial charge < -0.3 is 14.5 Å². The lowest BCUT2D eigenvalue weighted by atomic mass is 10.1. The van der Waals surface area contributed by atoms with Gasteiger partial charge in [-0.15, -0.1) is 0 Å². The summed E-state index contributed by atoms with van der Waals surface area (Å²) in [6, 6.07) is 5.52. The molecule has 0 atom stereocenters. The molecule has 6 nitrogen and oxygen atoms in total. The fourth-order valence-corrected chi connectivity index (χ4v) is 3.51. The molecule has 0 aliphatic heterocycles. The maximum absolute atomic E-state index is 11.8. The van der Waals surface area contributed by atoms with Crippen LogP contribution in [0, 0.1) is 13.8 Å². The van der Waals surface area contributed by atoms with E-state index in [0.29, 0.717) is 11.3 Å². The van der Waals surface area contributed by atoms with Gasteiger partial charge in [-0.3, -0.25) is 4.98 Å². The summed E-state index contributed by atoms with van der Waals surface area (Å²) in [4.78, 5) is 24.1. The van der Waals surface area contributed by atoms with Gasteiger partial charge >= 0.3 is 5.97 Å². The third kappa shape index (κ3) is 3.46. The number of aryl methyl sites for hydroxylation is 1. The first-order valence-electron chi connectivity index (χ1n) is 7.73. The second kappa shape index (κ2) is 7.14. The lowest BCUT2D eigenvalue weighted by Crippen LogP contribution is -2.03. The van der Waals surface area contributed by atoms with Crippen molar-refractivity contribution >= 4 is 28.8 Å². The minimum absolute atomic E-state index is 0.354. The molecule has 0 spiro atoms. The van der Waals surface area contributed by atoms with Crippen LogP contribution in [0.2, 0.25) is 0 Å². The summed E-state index contributed by atoms with van der Waals surface area (Å²) in [6.07, 6.45) is 1.74. The van der Waals surface area contributed by atoms with Crippen LogP contribution in [0.5, 0.6) is 5.75 Å². The van der Waals surface area contributed by atoms with Crippen LogP contribution < -0.4 is 4.74 Å². The number of aromatic amines is 1. The van der Waals surface area contributed by atoms with E-state index in [1.54, 1.807) is 31.1 Å². The first-order chi connectivity index (χ1) is 12.0. The van der Waals surface area contributed by atoms with Crippen molar-refractivity contribution in [1.82, 2.24) is 15.0 Å². The number of imidazole rings is 1. The minimum Gasteiger partial charge on any atom is -0.496 e. The average molecular weight is 357 g/mol. The summed E-state index contributed by atoms with van der Waals surface area (Å²) in [5.74, 6) is 1.15. The van der Waals surface area contributed by atoms with Gasteiger partial charge in [0.1, 0.15) is 5.75 Å². The maximum Gasteiger partial charge on any atom is 0.338 e. The second-order valence-corrected chi connectivity index (χ2v) is 6.56. The van der Waals surface area contributed by atoms with E-state index in [-0.39, 0.29) is 5.97 Å². The van der Waals surface area contributed by atoms with Crippen LogP contribution in [0.25, 0.3) is 11.0 Å². The molecule has 130 valence electrons. The van der Waals surface area contributed by atoms with Crippen molar-refractivity contribution in [3.8, 4) is 5.75 Å². The Balaban J connectivity index is 1.84. The Morgan fingerprint density at radius 3 is 2.80 bits per heavy atom. The predicted octanol–water partition coefficient (Wildman–Crippen LogP) is 3.66. The molecule has 7 heteroatoms. The van der Waals surface area contributed by atoms with Crippen LogP contribution in [0.4, 0.5) is 0 Å². The van der Waals surface area contributed by atoms with Crippen LogP contribution in [0.1, 0.15) is 27.2 Å². The summed E-state index contributed by atoms with van der Waals surface area (Å²) in [5.41, 5.74) is 4.99.